The maximum absolute atomic E-state index is 12.5. The van der Waals surface area contributed by atoms with Crippen molar-refractivity contribution >= 4 is 22.5 Å². The largest absolute Gasteiger partial charge is 0.390 e. The van der Waals surface area contributed by atoms with Crippen LogP contribution in [0.3, 0.4) is 0 Å². The Labute approximate surface area is 217 Å². The zero-order chi connectivity index (χ0) is 26.2. The lowest BCUT2D eigenvalue weighted by Gasteiger charge is -2.22. The first-order chi connectivity index (χ1) is 18.0. The summed E-state index contributed by atoms with van der Waals surface area (Å²) in [5.41, 5.74) is 10.2. The molecule has 0 aliphatic carbocycles. The number of amides is 1. The van der Waals surface area contributed by atoms with Crippen LogP contribution in [0.2, 0.25) is 0 Å². The first kappa shape index (κ1) is 25.8. The minimum Gasteiger partial charge on any atom is -0.390 e. The van der Waals surface area contributed by atoms with E-state index in [2.05, 4.69) is 38.1 Å². The number of aliphatic hydroxyl groups excluding tert-OH is 1. The van der Waals surface area contributed by atoms with E-state index in [4.69, 9.17) is 5.73 Å². The minimum absolute atomic E-state index is 0.200. The van der Waals surface area contributed by atoms with Crippen LogP contribution in [0.4, 0.5) is 5.82 Å². The van der Waals surface area contributed by atoms with Crippen molar-refractivity contribution in [1.29, 1.82) is 0 Å². The molecular formula is C30H31N5O2. The fourth-order valence-corrected chi connectivity index (χ4v) is 4.08. The molecule has 0 saturated carbocycles. The van der Waals surface area contributed by atoms with Crippen molar-refractivity contribution in [2.75, 3.05) is 31.9 Å². The number of carbonyl (C=O) groups excluding carboxylic acids is 1. The van der Waals surface area contributed by atoms with E-state index < -0.39 is 6.10 Å². The van der Waals surface area contributed by atoms with Crippen LogP contribution < -0.4 is 11.1 Å². The van der Waals surface area contributed by atoms with Crippen LogP contribution in [-0.2, 0) is 0 Å². The number of hydrogen-bond acceptors (Lipinski definition) is 6. The molecule has 0 bridgehead atoms. The number of pyridine rings is 2. The summed E-state index contributed by atoms with van der Waals surface area (Å²) in [4.78, 5) is 23.0. The number of likely N-dealkylation sites (N-methyl/N-ethyl adjacent to an activating group) is 1. The van der Waals surface area contributed by atoms with Crippen molar-refractivity contribution in [3.63, 3.8) is 0 Å². The van der Waals surface area contributed by atoms with Crippen molar-refractivity contribution in [3.05, 3.63) is 89.9 Å². The van der Waals surface area contributed by atoms with E-state index >= 15 is 0 Å². The highest BCUT2D eigenvalue weighted by atomic mass is 16.3. The molecule has 7 heteroatoms. The summed E-state index contributed by atoms with van der Waals surface area (Å²) in [5.74, 6) is 6.46. The van der Waals surface area contributed by atoms with Gasteiger partial charge in [0.1, 0.15) is 5.82 Å². The van der Waals surface area contributed by atoms with Crippen LogP contribution in [0.1, 0.15) is 35.3 Å². The van der Waals surface area contributed by atoms with Gasteiger partial charge in [-0.05, 0) is 66.7 Å². The number of nitrogens with two attached hydrogens (primary N) is 1. The van der Waals surface area contributed by atoms with E-state index in [1.165, 1.54) is 0 Å². The van der Waals surface area contributed by atoms with E-state index in [0.717, 1.165) is 40.6 Å². The first-order valence-electron chi connectivity index (χ1n) is 12.4. The number of rotatable bonds is 8. The molecule has 4 aromatic rings. The molecule has 0 aliphatic rings. The average molecular weight is 494 g/mol. The zero-order valence-corrected chi connectivity index (χ0v) is 21.1. The van der Waals surface area contributed by atoms with Gasteiger partial charge in [-0.1, -0.05) is 37.8 Å². The number of hydrogen-bond donors (Lipinski definition) is 3. The van der Waals surface area contributed by atoms with Gasteiger partial charge in [-0.3, -0.25) is 9.78 Å². The molecule has 7 nitrogen and oxygen atoms in total. The summed E-state index contributed by atoms with van der Waals surface area (Å²) in [5, 5.41) is 14.9. The number of anilines is 1. The molecule has 2 heterocycles. The molecule has 4 N–H and O–H groups in total. The third-order valence-corrected chi connectivity index (χ3v) is 6.28. The number of nitrogen functional groups attached to an aromatic ring is 1. The van der Waals surface area contributed by atoms with Gasteiger partial charge < -0.3 is 21.1 Å². The Morgan fingerprint density at radius 3 is 2.46 bits per heavy atom. The molecule has 0 spiro atoms. The van der Waals surface area contributed by atoms with Crippen LogP contribution >= 0.6 is 0 Å². The lowest BCUT2D eigenvalue weighted by molar-refractivity contribution is 0.0869. The predicted molar refractivity (Wildman–Crippen MR) is 148 cm³/mol. The first-order valence-corrected chi connectivity index (χ1v) is 12.4. The average Bonchev–Trinajstić information content (AvgIpc) is 2.94. The lowest BCUT2D eigenvalue weighted by atomic mass is 10.00. The van der Waals surface area contributed by atoms with Gasteiger partial charge in [0.05, 0.1) is 11.7 Å². The van der Waals surface area contributed by atoms with E-state index in [-0.39, 0.29) is 12.5 Å². The summed E-state index contributed by atoms with van der Waals surface area (Å²) >= 11 is 0. The Kier molecular flexibility index (Phi) is 8.47. The van der Waals surface area contributed by atoms with Crippen molar-refractivity contribution in [2.45, 2.75) is 20.0 Å². The lowest BCUT2D eigenvalue weighted by Crippen LogP contribution is -2.40. The van der Waals surface area contributed by atoms with Crippen LogP contribution in [-0.4, -0.2) is 58.2 Å². The second kappa shape index (κ2) is 12.1. The molecule has 37 heavy (non-hydrogen) atoms. The van der Waals surface area contributed by atoms with Gasteiger partial charge in [0.2, 0.25) is 0 Å². The third kappa shape index (κ3) is 6.50. The maximum atomic E-state index is 12.5. The van der Waals surface area contributed by atoms with Gasteiger partial charge in [-0.25, -0.2) is 4.98 Å². The van der Waals surface area contributed by atoms with Gasteiger partial charge in [-0.15, -0.1) is 0 Å². The van der Waals surface area contributed by atoms with E-state index in [1.807, 2.05) is 38.1 Å². The maximum Gasteiger partial charge on any atom is 0.251 e. The fraction of sp³-hybridized carbons (Fsp3) is 0.233. The normalized spacial score (nSPS) is 11.7. The molecule has 0 fully saturated rings. The molecule has 0 aliphatic heterocycles. The van der Waals surface area contributed by atoms with E-state index in [9.17, 15) is 9.90 Å². The second-order valence-corrected chi connectivity index (χ2v) is 8.73. The highest BCUT2D eigenvalue weighted by Gasteiger charge is 2.12. The van der Waals surface area contributed by atoms with Crippen LogP contribution in [0.25, 0.3) is 21.9 Å². The van der Waals surface area contributed by atoms with Gasteiger partial charge in [0.15, 0.2) is 0 Å². The molecular weight excluding hydrogens is 462 g/mol. The smallest absolute Gasteiger partial charge is 0.251 e. The minimum atomic E-state index is -0.618. The van der Waals surface area contributed by atoms with E-state index in [1.54, 1.807) is 42.9 Å². The van der Waals surface area contributed by atoms with Crippen LogP contribution in [0.5, 0.6) is 0 Å². The molecule has 1 amide bonds. The molecule has 0 radical (unpaired) electrons. The quantitative estimate of drug-likeness (QED) is 0.323. The Hall–Kier alpha value is -4.25. The summed E-state index contributed by atoms with van der Waals surface area (Å²) in [6, 6.07) is 17.1. The topological polar surface area (TPSA) is 104 Å². The van der Waals surface area contributed by atoms with Crippen LogP contribution in [0, 0.1) is 11.8 Å². The Bertz CT molecular complexity index is 1420. The summed E-state index contributed by atoms with van der Waals surface area (Å²) in [7, 11) is 0. The molecule has 1 unspecified atom stereocenters. The molecule has 2 aromatic carbocycles. The number of nitrogens with zero attached hydrogens (tertiary/aromatic N) is 3. The Balaban J connectivity index is 1.49. The van der Waals surface area contributed by atoms with Crippen molar-refractivity contribution in [3.8, 4) is 23.0 Å². The number of nitrogens with one attached hydrogen (secondary N) is 1. The summed E-state index contributed by atoms with van der Waals surface area (Å²) < 4.78 is 0. The summed E-state index contributed by atoms with van der Waals surface area (Å²) in [6.45, 7) is 6.53. The van der Waals surface area contributed by atoms with Gasteiger partial charge in [0.25, 0.3) is 5.91 Å². The highest BCUT2D eigenvalue weighted by Crippen LogP contribution is 2.27. The molecule has 0 saturated heterocycles. The molecule has 4 rings (SSSR count). The van der Waals surface area contributed by atoms with Crippen molar-refractivity contribution in [1.82, 2.24) is 20.2 Å². The summed E-state index contributed by atoms with van der Waals surface area (Å²) in [6.07, 6.45) is 4.66. The Morgan fingerprint density at radius 2 is 1.76 bits per heavy atom. The number of fused-ring (bicyclic) bond motifs is 1. The second-order valence-electron chi connectivity index (χ2n) is 8.73. The predicted octanol–water partition coefficient (Wildman–Crippen LogP) is 3.71. The zero-order valence-electron chi connectivity index (χ0n) is 21.1. The third-order valence-electron chi connectivity index (χ3n) is 6.28. The van der Waals surface area contributed by atoms with Gasteiger partial charge in [-0.2, -0.15) is 0 Å². The van der Waals surface area contributed by atoms with Crippen LogP contribution in [0.15, 0.2) is 73.2 Å². The van der Waals surface area contributed by atoms with Crippen molar-refractivity contribution in [2.24, 2.45) is 0 Å². The number of carbonyl (C=O) groups is 1. The molecule has 1 atom stereocenters. The highest BCUT2D eigenvalue weighted by molar-refractivity contribution is 5.95. The SMILES string of the molecule is CCN(CC)CC(O)CNC(=O)c1ccc(C#Cc2c(N)ncc3ccc(-c4ccncc4)cc23)cc1. The monoisotopic (exact) mass is 493 g/mol. The number of aliphatic hydroxyl groups is 1. The van der Waals surface area contributed by atoms with Gasteiger partial charge >= 0.3 is 0 Å². The fourth-order valence-electron chi connectivity index (χ4n) is 4.08. The van der Waals surface area contributed by atoms with Crippen molar-refractivity contribution < 1.29 is 9.90 Å². The number of benzene rings is 2. The molecule has 188 valence electrons. The molecule has 2 aromatic heterocycles. The van der Waals surface area contributed by atoms with Gasteiger partial charge in [0, 0.05) is 53.6 Å². The standard InChI is InChI=1S/C30H31N5O2/c1-3-35(4-2)20-26(36)19-34-30(37)23-8-5-21(6-9-23)7-12-27-28-17-24(22-13-15-32-16-14-22)10-11-25(28)18-33-29(27)31/h5-6,8-11,13-18,26,36H,3-4,19-20H2,1-2H3,(H2,31,33)(H,34,37). The number of aromatic nitrogens is 2. The Morgan fingerprint density at radius 1 is 1.03 bits per heavy atom. The van der Waals surface area contributed by atoms with E-state index in [0.29, 0.717) is 23.5 Å².